The summed E-state index contributed by atoms with van der Waals surface area (Å²) in [6, 6.07) is 32.8. The number of ether oxygens (including phenoxy) is 3. The molecule has 1 fully saturated rings. The van der Waals surface area contributed by atoms with E-state index >= 15 is 0 Å². The summed E-state index contributed by atoms with van der Waals surface area (Å²) >= 11 is 0. The molecule has 1 unspecified atom stereocenters. The van der Waals surface area contributed by atoms with Crippen molar-refractivity contribution in [3.8, 4) is 17.2 Å². The standard InChI is InChI=1S/C37H38N2O4/c1-41-30-17-14-27(15-18-30)24-39-25-33(31-12-6-7-13-34(31)39)32(23-37(40)38-20-8-9-21-38)29-16-19-35(36(22-29)42-2)43-26-28-10-4-3-5-11-28/h3-7,10-19,22,25,32H,8-9,20-21,23-24,26H2,1-2H3. The van der Waals surface area contributed by atoms with Gasteiger partial charge in [0, 0.05) is 49.1 Å². The Morgan fingerprint density at radius 1 is 0.791 bits per heavy atom. The van der Waals surface area contributed by atoms with Gasteiger partial charge < -0.3 is 23.7 Å². The van der Waals surface area contributed by atoms with Crippen LogP contribution in [0.25, 0.3) is 10.9 Å². The zero-order valence-corrected chi connectivity index (χ0v) is 24.9. The Balaban J connectivity index is 1.37. The average molecular weight is 575 g/mol. The highest BCUT2D eigenvalue weighted by Crippen LogP contribution is 2.39. The molecule has 0 aliphatic carbocycles. The van der Waals surface area contributed by atoms with Crippen LogP contribution < -0.4 is 14.2 Å². The molecule has 1 atom stereocenters. The molecule has 0 saturated carbocycles. The molecule has 0 spiro atoms. The van der Waals surface area contributed by atoms with Crippen LogP contribution in [0.2, 0.25) is 0 Å². The fourth-order valence-electron chi connectivity index (χ4n) is 6.04. The van der Waals surface area contributed by atoms with Crippen LogP contribution in [0.5, 0.6) is 17.2 Å². The van der Waals surface area contributed by atoms with Crippen molar-refractivity contribution in [2.24, 2.45) is 0 Å². The third-order valence-corrected chi connectivity index (χ3v) is 8.37. The molecular weight excluding hydrogens is 536 g/mol. The van der Waals surface area contributed by atoms with Gasteiger partial charge in [0.2, 0.25) is 5.91 Å². The Labute approximate surface area is 253 Å². The summed E-state index contributed by atoms with van der Waals surface area (Å²) < 4.78 is 19.6. The van der Waals surface area contributed by atoms with Crippen LogP contribution in [0.4, 0.5) is 0 Å². The first-order valence-electron chi connectivity index (χ1n) is 15.0. The molecule has 6 heteroatoms. The first kappa shape index (κ1) is 28.4. The maximum atomic E-state index is 13.6. The molecule has 6 nitrogen and oxygen atoms in total. The molecule has 5 aromatic rings. The Hall–Kier alpha value is -4.71. The highest BCUT2D eigenvalue weighted by atomic mass is 16.5. The second-order valence-corrected chi connectivity index (χ2v) is 11.1. The average Bonchev–Trinajstić information content (AvgIpc) is 3.73. The number of para-hydroxylation sites is 1. The number of likely N-dealkylation sites (tertiary alicyclic amines) is 1. The molecule has 6 rings (SSSR count). The van der Waals surface area contributed by atoms with Crippen LogP contribution in [0, 0.1) is 0 Å². The van der Waals surface area contributed by atoms with Gasteiger partial charge in [0.1, 0.15) is 12.4 Å². The molecule has 1 saturated heterocycles. The van der Waals surface area contributed by atoms with Crippen LogP contribution >= 0.6 is 0 Å². The molecule has 43 heavy (non-hydrogen) atoms. The lowest BCUT2D eigenvalue weighted by Gasteiger charge is -2.22. The number of fused-ring (bicyclic) bond motifs is 1. The van der Waals surface area contributed by atoms with E-state index in [0.29, 0.717) is 31.1 Å². The molecule has 1 aliphatic rings. The second kappa shape index (κ2) is 13.1. The molecule has 0 radical (unpaired) electrons. The van der Waals surface area contributed by atoms with Gasteiger partial charge >= 0.3 is 0 Å². The summed E-state index contributed by atoms with van der Waals surface area (Å²) in [7, 11) is 3.35. The molecule has 1 amide bonds. The highest BCUT2D eigenvalue weighted by molar-refractivity contribution is 5.87. The third-order valence-electron chi connectivity index (χ3n) is 8.37. The van der Waals surface area contributed by atoms with E-state index in [1.54, 1.807) is 14.2 Å². The number of carbonyl (C=O) groups is 1. The van der Waals surface area contributed by atoms with E-state index in [4.69, 9.17) is 14.2 Å². The van der Waals surface area contributed by atoms with Crippen molar-refractivity contribution in [1.29, 1.82) is 0 Å². The second-order valence-electron chi connectivity index (χ2n) is 11.1. The first-order chi connectivity index (χ1) is 21.1. The molecular formula is C37H38N2O4. The van der Waals surface area contributed by atoms with Gasteiger partial charge in [0.25, 0.3) is 0 Å². The molecule has 1 aliphatic heterocycles. The van der Waals surface area contributed by atoms with Crippen molar-refractivity contribution in [3.05, 3.63) is 126 Å². The summed E-state index contributed by atoms with van der Waals surface area (Å²) in [5, 5.41) is 1.15. The molecule has 1 aromatic heterocycles. The van der Waals surface area contributed by atoms with Crippen LogP contribution in [0.1, 0.15) is 47.4 Å². The number of nitrogens with zero attached hydrogens (tertiary/aromatic N) is 2. The van der Waals surface area contributed by atoms with E-state index in [-0.39, 0.29) is 11.8 Å². The topological polar surface area (TPSA) is 52.9 Å². The SMILES string of the molecule is COc1ccc(Cn2cc(C(CC(=O)N3CCCC3)c3ccc(OCc4ccccc4)c(OC)c3)c3ccccc32)cc1. The smallest absolute Gasteiger partial charge is 0.223 e. The van der Waals surface area contributed by atoms with Crippen molar-refractivity contribution in [1.82, 2.24) is 9.47 Å². The quantitative estimate of drug-likeness (QED) is 0.165. The van der Waals surface area contributed by atoms with Gasteiger partial charge in [-0.15, -0.1) is 0 Å². The lowest BCUT2D eigenvalue weighted by Crippen LogP contribution is -2.29. The van der Waals surface area contributed by atoms with E-state index in [0.717, 1.165) is 59.3 Å². The van der Waals surface area contributed by atoms with Crippen molar-refractivity contribution in [3.63, 3.8) is 0 Å². The van der Waals surface area contributed by atoms with Crippen molar-refractivity contribution >= 4 is 16.8 Å². The largest absolute Gasteiger partial charge is 0.497 e. The number of amides is 1. The normalized spacial score (nSPS) is 13.7. The van der Waals surface area contributed by atoms with Gasteiger partial charge in [-0.1, -0.05) is 66.7 Å². The first-order valence-corrected chi connectivity index (χ1v) is 15.0. The predicted molar refractivity (Wildman–Crippen MR) is 170 cm³/mol. The van der Waals surface area contributed by atoms with Gasteiger partial charge in [-0.25, -0.2) is 0 Å². The summed E-state index contributed by atoms with van der Waals surface area (Å²) in [4.78, 5) is 15.6. The van der Waals surface area contributed by atoms with E-state index in [2.05, 4.69) is 53.2 Å². The Kier molecular flexibility index (Phi) is 8.64. The number of carbonyl (C=O) groups excluding carboxylic acids is 1. The minimum atomic E-state index is -0.146. The summed E-state index contributed by atoms with van der Waals surface area (Å²) in [5.74, 6) is 2.23. The molecule has 0 N–H and O–H groups in total. The fraction of sp³-hybridized carbons (Fsp3) is 0.270. The van der Waals surface area contributed by atoms with Gasteiger partial charge in [0.15, 0.2) is 11.5 Å². The van der Waals surface area contributed by atoms with Crippen molar-refractivity contribution in [2.75, 3.05) is 27.3 Å². The zero-order valence-electron chi connectivity index (χ0n) is 24.9. The Morgan fingerprint density at radius 3 is 2.28 bits per heavy atom. The van der Waals surface area contributed by atoms with E-state index in [1.165, 1.54) is 5.56 Å². The number of aromatic nitrogens is 1. The number of rotatable bonds is 11. The number of hydrogen-bond donors (Lipinski definition) is 0. The zero-order chi connectivity index (χ0) is 29.6. The number of hydrogen-bond acceptors (Lipinski definition) is 4. The van der Waals surface area contributed by atoms with Crippen LogP contribution in [0.15, 0.2) is 103 Å². The lowest BCUT2D eigenvalue weighted by atomic mass is 9.87. The number of methoxy groups -OCH3 is 2. The van der Waals surface area contributed by atoms with Gasteiger partial charge in [-0.2, -0.15) is 0 Å². The van der Waals surface area contributed by atoms with Crippen LogP contribution in [-0.2, 0) is 17.9 Å². The van der Waals surface area contributed by atoms with E-state index in [9.17, 15) is 4.79 Å². The van der Waals surface area contributed by atoms with Crippen LogP contribution in [-0.4, -0.2) is 42.7 Å². The van der Waals surface area contributed by atoms with Crippen molar-refractivity contribution in [2.45, 2.75) is 38.3 Å². The predicted octanol–water partition coefficient (Wildman–Crippen LogP) is 7.43. The summed E-state index contributed by atoms with van der Waals surface area (Å²) in [5.41, 5.74) is 5.58. The maximum Gasteiger partial charge on any atom is 0.223 e. The van der Waals surface area contributed by atoms with E-state index < -0.39 is 0 Å². The summed E-state index contributed by atoms with van der Waals surface area (Å²) in [6.07, 6.45) is 4.75. The van der Waals surface area contributed by atoms with Crippen LogP contribution in [0.3, 0.4) is 0 Å². The van der Waals surface area contributed by atoms with Gasteiger partial charge in [0.05, 0.1) is 14.2 Å². The number of benzene rings is 4. The summed E-state index contributed by atoms with van der Waals surface area (Å²) in [6.45, 7) is 2.83. The van der Waals surface area contributed by atoms with Crippen molar-refractivity contribution < 1.29 is 19.0 Å². The Morgan fingerprint density at radius 2 is 1.53 bits per heavy atom. The molecule has 2 heterocycles. The molecule has 4 aromatic carbocycles. The maximum absolute atomic E-state index is 13.6. The molecule has 220 valence electrons. The Bertz CT molecular complexity index is 1670. The minimum Gasteiger partial charge on any atom is -0.497 e. The molecule has 0 bridgehead atoms. The highest BCUT2D eigenvalue weighted by Gasteiger charge is 2.27. The third kappa shape index (κ3) is 6.38. The van der Waals surface area contributed by atoms with Gasteiger partial charge in [-0.05, 0) is 65.4 Å². The lowest BCUT2D eigenvalue weighted by molar-refractivity contribution is -0.130. The fourth-order valence-corrected chi connectivity index (χ4v) is 6.04. The van der Waals surface area contributed by atoms with E-state index in [1.807, 2.05) is 59.5 Å². The van der Waals surface area contributed by atoms with Gasteiger partial charge in [-0.3, -0.25) is 4.79 Å². The monoisotopic (exact) mass is 574 g/mol. The minimum absolute atomic E-state index is 0.146.